The third-order valence-electron chi connectivity index (χ3n) is 1.38. The van der Waals surface area contributed by atoms with Crippen LogP contribution in [-0.2, 0) is 0 Å². The predicted octanol–water partition coefficient (Wildman–Crippen LogP) is 1.44. The molecule has 0 atom stereocenters. The summed E-state index contributed by atoms with van der Waals surface area (Å²) in [4.78, 5) is 3.04. The number of hydrogen-bond acceptors (Lipinski definition) is 2. The van der Waals surface area contributed by atoms with Crippen LogP contribution in [0.4, 0.5) is 0 Å². The standard InChI is InChI=1S/C7H10N2O/c1-5-3-6(2)9-7(5)4-8-10/h3-4,9-10H,1-2H3. The minimum absolute atomic E-state index is 0.861. The average molecular weight is 138 g/mol. The van der Waals surface area contributed by atoms with Crippen molar-refractivity contribution < 1.29 is 5.21 Å². The van der Waals surface area contributed by atoms with E-state index in [1.807, 2.05) is 19.9 Å². The second-order valence-corrected chi connectivity index (χ2v) is 2.29. The summed E-state index contributed by atoms with van der Waals surface area (Å²) in [6.07, 6.45) is 1.39. The molecule has 0 saturated carbocycles. The second kappa shape index (κ2) is 2.56. The van der Waals surface area contributed by atoms with Crippen LogP contribution in [0.15, 0.2) is 11.2 Å². The Morgan fingerprint density at radius 1 is 1.60 bits per heavy atom. The number of aromatic amines is 1. The van der Waals surface area contributed by atoms with E-state index in [9.17, 15) is 0 Å². The summed E-state index contributed by atoms with van der Waals surface area (Å²) >= 11 is 0. The van der Waals surface area contributed by atoms with Gasteiger partial charge in [-0.1, -0.05) is 5.16 Å². The maximum Gasteiger partial charge on any atom is 0.0899 e. The Kier molecular flexibility index (Phi) is 1.76. The smallest absolute Gasteiger partial charge is 0.0899 e. The van der Waals surface area contributed by atoms with Crippen molar-refractivity contribution in [2.45, 2.75) is 13.8 Å². The van der Waals surface area contributed by atoms with E-state index in [4.69, 9.17) is 5.21 Å². The highest BCUT2D eigenvalue weighted by Crippen LogP contribution is 2.05. The first-order valence-electron chi connectivity index (χ1n) is 3.07. The fourth-order valence-electron chi connectivity index (χ4n) is 0.941. The molecule has 0 aliphatic heterocycles. The van der Waals surface area contributed by atoms with E-state index < -0.39 is 0 Å². The van der Waals surface area contributed by atoms with Crippen LogP contribution >= 0.6 is 0 Å². The van der Waals surface area contributed by atoms with Crippen molar-refractivity contribution in [3.05, 3.63) is 23.0 Å². The molecule has 0 saturated heterocycles. The number of nitrogens with zero attached hydrogens (tertiary/aromatic N) is 1. The molecule has 0 aliphatic carbocycles. The highest BCUT2D eigenvalue weighted by molar-refractivity contribution is 5.78. The van der Waals surface area contributed by atoms with Gasteiger partial charge in [-0.3, -0.25) is 0 Å². The molecule has 0 fully saturated rings. The van der Waals surface area contributed by atoms with E-state index in [2.05, 4.69) is 10.1 Å². The zero-order valence-electron chi connectivity index (χ0n) is 6.05. The first-order valence-corrected chi connectivity index (χ1v) is 3.07. The molecule has 0 aliphatic rings. The van der Waals surface area contributed by atoms with Gasteiger partial charge in [0.05, 0.1) is 11.9 Å². The van der Waals surface area contributed by atoms with Gasteiger partial charge in [0.1, 0.15) is 0 Å². The molecule has 0 unspecified atom stereocenters. The van der Waals surface area contributed by atoms with E-state index in [0.29, 0.717) is 0 Å². The zero-order valence-corrected chi connectivity index (χ0v) is 6.05. The molecule has 54 valence electrons. The number of nitrogens with one attached hydrogen (secondary N) is 1. The van der Waals surface area contributed by atoms with E-state index in [-0.39, 0.29) is 0 Å². The molecule has 3 heteroatoms. The van der Waals surface area contributed by atoms with Gasteiger partial charge in [-0.2, -0.15) is 0 Å². The molecule has 3 nitrogen and oxygen atoms in total. The summed E-state index contributed by atoms with van der Waals surface area (Å²) in [5, 5.41) is 11.1. The van der Waals surface area contributed by atoms with Gasteiger partial charge in [0, 0.05) is 5.69 Å². The molecule has 0 amide bonds. The van der Waals surface area contributed by atoms with Gasteiger partial charge >= 0.3 is 0 Å². The van der Waals surface area contributed by atoms with Crippen molar-refractivity contribution in [3.8, 4) is 0 Å². The molecule has 1 aromatic rings. The van der Waals surface area contributed by atoms with Crippen molar-refractivity contribution in [2.75, 3.05) is 0 Å². The lowest BCUT2D eigenvalue weighted by molar-refractivity contribution is 0.321. The fourth-order valence-corrected chi connectivity index (χ4v) is 0.941. The van der Waals surface area contributed by atoms with Crippen LogP contribution in [-0.4, -0.2) is 16.4 Å². The number of aryl methyl sites for hydroxylation is 2. The number of H-pyrrole nitrogens is 1. The van der Waals surface area contributed by atoms with Crippen LogP contribution in [0.2, 0.25) is 0 Å². The molecule has 1 aromatic heterocycles. The molecule has 0 radical (unpaired) electrons. The van der Waals surface area contributed by atoms with Crippen molar-refractivity contribution in [2.24, 2.45) is 5.16 Å². The van der Waals surface area contributed by atoms with E-state index in [0.717, 1.165) is 17.0 Å². The molecule has 0 aromatic carbocycles. The number of hydrogen-bond donors (Lipinski definition) is 2. The minimum atomic E-state index is 0.861. The lowest BCUT2D eigenvalue weighted by Gasteiger charge is -1.85. The number of oxime groups is 1. The summed E-state index contributed by atoms with van der Waals surface area (Å²) < 4.78 is 0. The molecule has 2 N–H and O–H groups in total. The maximum absolute atomic E-state index is 8.20. The third-order valence-corrected chi connectivity index (χ3v) is 1.38. The van der Waals surface area contributed by atoms with Crippen LogP contribution in [0.1, 0.15) is 17.0 Å². The van der Waals surface area contributed by atoms with Crippen LogP contribution in [0.25, 0.3) is 0 Å². The summed E-state index contributed by atoms with van der Waals surface area (Å²) in [7, 11) is 0. The molecule has 0 spiro atoms. The van der Waals surface area contributed by atoms with Crippen molar-refractivity contribution in [1.82, 2.24) is 4.98 Å². The fraction of sp³-hybridized carbons (Fsp3) is 0.286. The SMILES string of the molecule is Cc1cc(C)c(C=NO)[nH]1. The average Bonchev–Trinajstić information content (AvgIpc) is 2.13. The van der Waals surface area contributed by atoms with Gasteiger partial charge in [0.15, 0.2) is 0 Å². The van der Waals surface area contributed by atoms with Crippen LogP contribution < -0.4 is 0 Å². The Labute approximate surface area is 59.4 Å². The molecule has 0 bridgehead atoms. The van der Waals surface area contributed by atoms with E-state index >= 15 is 0 Å². The first kappa shape index (κ1) is 6.86. The molecular formula is C7H10N2O. The molecular weight excluding hydrogens is 128 g/mol. The highest BCUT2D eigenvalue weighted by Gasteiger charge is 1.96. The largest absolute Gasteiger partial charge is 0.411 e. The van der Waals surface area contributed by atoms with Crippen molar-refractivity contribution in [3.63, 3.8) is 0 Å². The topological polar surface area (TPSA) is 48.4 Å². The summed E-state index contributed by atoms with van der Waals surface area (Å²) in [6, 6.07) is 2.00. The summed E-state index contributed by atoms with van der Waals surface area (Å²) in [6.45, 7) is 3.92. The van der Waals surface area contributed by atoms with Crippen molar-refractivity contribution >= 4 is 6.21 Å². The predicted molar refractivity (Wildman–Crippen MR) is 39.6 cm³/mol. The van der Waals surface area contributed by atoms with Gasteiger partial charge in [-0.15, -0.1) is 0 Å². The normalized spacial score (nSPS) is 11.0. The summed E-state index contributed by atoms with van der Waals surface area (Å²) in [5.74, 6) is 0. The highest BCUT2D eigenvalue weighted by atomic mass is 16.4. The number of aromatic nitrogens is 1. The second-order valence-electron chi connectivity index (χ2n) is 2.29. The van der Waals surface area contributed by atoms with Gasteiger partial charge in [-0.25, -0.2) is 0 Å². The van der Waals surface area contributed by atoms with Crippen LogP contribution in [0, 0.1) is 13.8 Å². The Hall–Kier alpha value is -1.25. The monoisotopic (exact) mass is 138 g/mol. The zero-order chi connectivity index (χ0) is 7.56. The molecule has 1 rings (SSSR count). The van der Waals surface area contributed by atoms with Crippen LogP contribution in [0.3, 0.4) is 0 Å². The Morgan fingerprint density at radius 3 is 2.70 bits per heavy atom. The Morgan fingerprint density at radius 2 is 2.30 bits per heavy atom. The Bertz CT molecular complexity index is 250. The van der Waals surface area contributed by atoms with Crippen molar-refractivity contribution in [1.29, 1.82) is 0 Å². The molecule has 10 heavy (non-hydrogen) atoms. The quantitative estimate of drug-likeness (QED) is 0.344. The van der Waals surface area contributed by atoms with Gasteiger partial charge in [0.25, 0.3) is 0 Å². The maximum atomic E-state index is 8.20. The van der Waals surface area contributed by atoms with Gasteiger partial charge in [-0.05, 0) is 25.5 Å². The lowest BCUT2D eigenvalue weighted by atomic mass is 10.3. The lowest BCUT2D eigenvalue weighted by Crippen LogP contribution is -1.83. The summed E-state index contributed by atoms with van der Waals surface area (Å²) in [5.41, 5.74) is 3.03. The molecule has 1 heterocycles. The van der Waals surface area contributed by atoms with Gasteiger partial charge in [0.2, 0.25) is 0 Å². The van der Waals surface area contributed by atoms with Gasteiger partial charge < -0.3 is 10.2 Å². The third kappa shape index (κ3) is 1.18. The number of rotatable bonds is 1. The van der Waals surface area contributed by atoms with Crippen LogP contribution in [0.5, 0.6) is 0 Å². The van der Waals surface area contributed by atoms with E-state index in [1.165, 1.54) is 6.21 Å². The first-order chi connectivity index (χ1) is 4.74. The Balaban J connectivity index is 3.03. The minimum Gasteiger partial charge on any atom is -0.411 e. The van der Waals surface area contributed by atoms with E-state index in [1.54, 1.807) is 0 Å².